The monoisotopic (exact) mass is 582 g/mol. The van der Waals surface area contributed by atoms with Crippen LogP contribution in [-0.2, 0) is 14.3 Å². The van der Waals surface area contributed by atoms with Crippen LogP contribution in [-0.4, -0.2) is 69.8 Å². The van der Waals surface area contributed by atoms with E-state index in [-0.39, 0.29) is 29.0 Å². The molecular weight excluding hydrogens is 543 g/mol. The molecule has 4 rings (SSSR count). The van der Waals surface area contributed by atoms with Crippen LogP contribution < -0.4 is 11.1 Å². The van der Waals surface area contributed by atoms with Gasteiger partial charge in [0.1, 0.15) is 18.3 Å². The normalized spacial score (nSPS) is 23.2. The summed E-state index contributed by atoms with van der Waals surface area (Å²) in [7, 11) is 0. The van der Waals surface area contributed by atoms with Crippen molar-refractivity contribution in [3.05, 3.63) is 53.7 Å². The van der Waals surface area contributed by atoms with Gasteiger partial charge in [-0.15, -0.1) is 0 Å². The Morgan fingerprint density at radius 2 is 1.79 bits per heavy atom. The number of carboxylic acid groups (broad SMARTS) is 1. The zero-order valence-corrected chi connectivity index (χ0v) is 24.2. The number of carbonyl (C=O) groups excluding carboxylic acids is 3. The lowest BCUT2D eigenvalue weighted by Gasteiger charge is -2.35. The summed E-state index contributed by atoms with van der Waals surface area (Å²) in [5.41, 5.74) is 6.80. The Morgan fingerprint density at radius 1 is 1.10 bits per heavy atom. The minimum atomic E-state index is -1.12. The molecule has 226 valence electrons. The van der Waals surface area contributed by atoms with Crippen molar-refractivity contribution in [1.82, 2.24) is 15.2 Å². The van der Waals surface area contributed by atoms with Gasteiger partial charge in [0.15, 0.2) is 0 Å². The lowest BCUT2D eigenvalue weighted by Crippen LogP contribution is -2.49. The summed E-state index contributed by atoms with van der Waals surface area (Å²) in [5.74, 6) is -2.84. The lowest BCUT2D eigenvalue weighted by molar-refractivity contribution is -0.142. The molecule has 2 aliphatic rings. The second-order valence-corrected chi connectivity index (χ2v) is 12.1. The zero-order chi connectivity index (χ0) is 30.6. The number of benzene rings is 1. The van der Waals surface area contributed by atoms with E-state index in [0.29, 0.717) is 49.8 Å². The van der Waals surface area contributed by atoms with Crippen molar-refractivity contribution in [1.29, 1.82) is 0 Å². The Labute approximate surface area is 244 Å². The van der Waals surface area contributed by atoms with Crippen LogP contribution in [0.4, 0.5) is 9.18 Å². The number of likely N-dealkylation sites (tertiary alicyclic amines) is 1. The van der Waals surface area contributed by atoms with E-state index in [0.717, 1.165) is 0 Å². The zero-order valence-electron chi connectivity index (χ0n) is 24.2. The number of nitrogens with zero attached hydrogens (tertiary/aromatic N) is 2. The second-order valence-electron chi connectivity index (χ2n) is 12.1. The molecule has 1 aromatic carbocycles. The predicted octanol–water partition coefficient (Wildman–Crippen LogP) is 4.29. The molecule has 2 fully saturated rings. The molecule has 1 aromatic heterocycles. The summed E-state index contributed by atoms with van der Waals surface area (Å²) in [6.07, 6.45) is 3.40. The number of primary amides is 1. The number of halogens is 1. The third-order valence-corrected chi connectivity index (χ3v) is 8.18. The Hall–Kier alpha value is -4.02. The van der Waals surface area contributed by atoms with Crippen molar-refractivity contribution in [2.45, 2.75) is 76.5 Å². The first-order valence-corrected chi connectivity index (χ1v) is 14.3. The van der Waals surface area contributed by atoms with Crippen LogP contribution in [0.1, 0.15) is 74.7 Å². The fourth-order valence-electron chi connectivity index (χ4n) is 6.29. The molecule has 3 amide bonds. The van der Waals surface area contributed by atoms with Crippen molar-refractivity contribution < 1.29 is 33.4 Å². The fourth-order valence-corrected chi connectivity index (χ4v) is 6.29. The maximum atomic E-state index is 13.9. The molecule has 1 unspecified atom stereocenters. The van der Waals surface area contributed by atoms with E-state index in [1.807, 2.05) is 6.07 Å². The molecule has 11 heteroatoms. The Morgan fingerprint density at radius 3 is 2.40 bits per heavy atom. The Bertz CT molecular complexity index is 1320. The topological polar surface area (TPSA) is 152 Å². The number of nitrogens with one attached hydrogen (secondary N) is 1. The predicted molar refractivity (Wildman–Crippen MR) is 153 cm³/mol. The first-order valence-electron chi connectivity index (χ1n) is 14.3. The van der Waals surface area contributed by atoms with Gasteiger partial charge in [-0.05, 0) is 76.5 Å². The number of amides is 3. The number of hydrogen-bond donors (Lipinski definition) is 3. The molecule has 42 heavy (non-hydrogen) atoms. The molecule has 0 spiro atoms. The van der Waals surface area contributed by atoms with E-state index < -0.39 is 48.2 Å². The maximum Gasteiger partial charge on any atom is 0.407 e. The van der Waals surface area contributed by atoms with Gasteiger partial charge in [-0.3, -0.25) is 14.6 Å². The quantitative estimate of drug-likeness (QED) is 0.420. The molecule has 2 heterocycles. The number of rotatable bonds is 8. The van der Waals surface area contributed by atoms with E-state index >= 15 is 0 Å². The van der Waals surface area contributed by atoms with Crippen molar-refractivity contribution in [2.75, 3.05) is 13.2 Å². The summed E-state index contributed by atoms with van der Waals surface area (Å²) in [5, 5.41) is 12.4. The van der Waals surface area contributed by atoms with Crippen LogP contribution in [0.5, 0.6) is 0 Å². The van der Waals surface area contributed by atoms with Crippen molar-refractivity contribution >= 4 is 23.9 Å². The van der Waals surface area contributed by atoms with Gasteiger partial charge in [0.05, 0.1) is 17.3 Å². The number of aromatic nitrogens is 1. The minimum Gasteiger partial charge on any atom is -0.478 e. The van der Waals surface area contributed by atoms with Gasteiger partial charge in [0, 0.05) is 30.1 Å². The standard InChI is InChI=1S/C31H39FN4O6/c1-31(2,3)42-30(41)35-24(17-32)18-10-12-19(13-11-18)28(38)36-16-14-22(26(36)27(33)37)20-7-4-5-8-21(20)25-23(29(39)40)9-6-15-34-25/h4-9,15,18-19,22,24,26H,10-14,16-17H2,1-3H3,(H2,33,37)(H,35,41)(H,39,40)/t18?,19?,22-,24?,26+/m1/s1. The SMILES string of the molecule is CC(C)(C)OC(=O)NC(CF)C1CCC(C(=O)N2CC[C@H](c3ccccc3-c3ncccc3C(=O)O)[C@H]2C(N)=O)CC1. The molecule has 1 saturated carbocycles. The number of aromatic carboxylic acids is 1. The van der Waals surface area contributed by atoms with Crippen LogP contribution in [0.15, 0.2) is 42.6 Å². The average molecular weight is 583 g/mol. The van der Waals surface area contributed by atoms with E-state index in [1.54, 1.807) is 49.9 Å². The number of carboxylic acids is 1. The molecule has 1 saturated heterocycles. The molecule has 2 aromatic rings. The van der Waals surface area contributed by atoms with Gasteiger partial charge in [-0.25, -0.2) is 14.0 Å². The molecule has 4 N–H and O–H groups in total. The van der Waals surface area contributed by atoms with Crippen molar-refractivity contribution in [3.8, 4) is 11.3 Å². The first-order chi connectivity index (χ1) is 19.9. The average Bonchev–Trinajstić information content (AvgIpc) is 3.40. The third kappa shape index (κ3) is 6.88. The molecular formula is C31H39FN4O6. The van der Waals surface area contributed by atoms with Gasteiger partial charge < -0.3 is 25.8 Å². The molecule has 1 aliphatic heterocycles. The molecule has 10 nitrogen and oxygen atoms in total. The number of hydrogen-bond acceptors (Lipinski definition) is 6. The highest BCUT2D eigenvalue weighted by atomic mass is 19.1. The van der Waals surface area contributed by atoms with Crippen LogP contribution in [0, 0.1) is 11.8 Å². The van der Waals surface area contributed by atoms with Gasteiger partial charge >= 0.3 is 12.1 Å². The third-order valence-electron chi connectivity index (χ3n) is 8.18. The summed E-state index contributed by atoms with van der Waals surface area (Å²) in [4.78, 5) is 56.5. The van der Waals surface area contributed by atoms with Gasteiger partial charge in [-0.2, -0.15) is 0 Å². The number of ether oxygens (including phenoxy) is 1. The number of alkyl halides is 1. The van der Waals surface area contributed by atoms with E-state index in [9.17, 15) is 28.7 Å². The molecule has 3 atom stereocenters. The van der Waals surface area contributed by atoms with Gasteiger partial charge in [0.25, 0.3) is 0 Å². The first kappa shape index (κ1) is 30.9. The summed E-state index contributed by atoms with van der Waals surface area (Å²) < 4.78 is 19.1. The Balaban J connectivity index is 1.48. The van der Waals surface area contributed by atoms with Crippen molar-refractivity contribution in [3.63, 3.8) is 0 Å². The summed E-state index contributed by atoms with van der Waals surface area (Å²) in [6, 6.07) is 8.59. The fraction of sp³-hybridized carbons (Fsp3) is 0.516. The largest absolute Gasteiger partial charge is 0.478 e. The van der Waals surface area contributed by atoms with Crippen LogP contribution in [0.25, 0.3) is 11.3 Å². The molecule has 1 aliphatic carbocycles. The number of nitrogens with two attached hydrogens (primary N) is 1. The van der Waals surface area contributed by atoms with E-state index in [2.05, 4.69) is 10.3 Å². The number of alkyl carbamates (subject to hydrolysis) is 1. The lowest BCUT2D eigenvalue weighted by atomic mass is 9.78. The van der Waals surface area contributed by atoms with Gasteiger partial charge in [-0.1, -0.05) is 24.3 Å². The van der Waals surface area contributed by atoms with Crippen LogP contribution >= 0.6 is 0 Å². The molecule has 0 bridgehead atoms. The summed E-state index contributed by atoms with van der Waals surface area (Å²) in [6.45, 7) is 4.80. The summed E-state index contributed by atoms with van der Waals surface area (Å²) >= 11 is 0. The highest BCUT2D eigenvalue weighted by Gasteiger charge is 2.45. The highest BCUT2D eigenvalue weighted by molar-refractivity contribution is 5.95. The highest BCUT2D eigenvalue weighted by Crippen LogP contribution is 2.41. The minimum absolute atomic E-state index is 0.0380. The van der Waals surface area contributed by atoms with Gasteiger partial charge in [0.2, 0.25) is 11.8 Å². The second kappa shape index (κ2) is 12.9. The van der Waals surface area contributed by atoms with Crippen molar-refractivity contribution in [2.24, 2.45) is 17.6 Å². The smallest absolute Gasteiger partial charge is 0.407 e. The van der Waals surface area contributed by atoms with Crippen LogP contribution in [0.2, 0.25) is 0 Å². The maximum absolute atomic E-state index is 13.9. The number of pyridine rings is 1. The van der Waals surface area contributed by atoms with E-state index in [4.69, 9.17) is 10.5 Å². The Kier molecular flexibility index (Phi) is 9.48. The molecule has 0 radical (unpaired) electrons. The van der Waals surface area contributed by atoms with E-state index in [1.165, 1.54) is 12.3 Å². The van der Waals surface area contributed by atoms with Crippen LogP contribution in [0.3, 0.4) is 0 Å². The number of carbonyl (C=O) groups is 4.